The summed E-state index contributed by atoms with van der Waals surface area (Å²) in [5.74, 6) is 2.07. The Kier molecular flexibility index (Phi) is 5.90. The molecule has 0 radical (unpaired) electrons. The second-order valence-corrected chi connectivity index (χ2v) is 12.4. The first-order chi connectivity index (χ1) is 16.5. The van der Waals surface area contributed by atoms with E-state index >= 15 is 0 Å². The van der Waals surface area contributed by atoms with E-state index in [2.05, 4.69) is 25.8 Å². The topological polar surface area (TPSA) is 107 Å². The van der Waals surface area contributed by atoms with Crippen LogP contribution in [0.15, 0.2) is 21.4 Å². The SMILES string of the molecule is CC1CCCC1N1C(=O)C2(CC2)C(C=NC2CCN(S(=O)N3CC4CNCC43)CC2)=C1/N=C/N. The molecule has 3 N–H and O–H groups in total. The Labute approximate surface area is 204 Å². The van der Waals surface area contributed by atoms with Crippen LogP contribution in [-0.2, 0) is 16.0 Å². The van der Waals surface area contributed by atoms with Gasteiger partial charge in [-0.25, -0.2) is 17.8 Å². The monoisotopic (exact) mass is 487 g/mol. The lowest BCUT2D eigenvalue weighted by molar-refractivity contribution is -0.134. The molecule has 1 amide bonds. The zero-order chi connectivity index (χ0) is 23.4. The molecule has 5 unspecified atom stereocenters. The summed E-state index contributed by atoms with van der Waals surface area (Å²) in [6.07, 6.45) is 10.1. The van der Waals surface area contributed by atoms with Crippen LogP contribution in [0.5, 0.6) is 0 Å². The molecule has 9 nitrogen and oxygen atoms in total. The number of nitrogens with one attached hydrogen (secondary N) is 1. The molecule has 1 spiro atoms. The molecule has 0 aromatic heterocycles. The first-order valence-electron chi connectivity index (χ1n) is 13.0. The van der Waals surface area contributed by atoms with Crippen LogP contribution >= 0.6 is 0 Å². The molecule has 5 fully saturated rings. The maximum atomic E-state index is 13.5. The molecule has 3 saturated heterocycles. The van der Waals surface area contributed by atoms with Gasteiger partial charge in [-0.1, -0.05) is 13.3 Å². The number of aliphatic imine (C=N–C) groups is 2. The van der Waals surface area contributed by atoms with Crippen LogP contribution in [-0.4, -0.2) is 87.0 Å². The molecular weight excluding hydrogens is 450 g/mol. The minimum Gasteiger partial charge on any atom is -0.390 e. The Bertz CT molecular complexity index is 953. The van der Waals surface area contributed by atoms with Crippen molar-refractivity contribution >= 4 is 29.6 Å². The summed E-state index contributed by atoms with van der Waals surface area (Å²) in [6, 6.07) is 0.834. The quantitative estimate of drug-likeness (QED) is 0.431. The first kappa shape index (κ1) is 22.8. The molecule has 0 aromatic rings. The second kappa shape index (κ2) is 8.80. The number of hydrogen-bond donors (Lipinski definition) is 2. The van der Waals surface area contributed by atoms with E-state index in [1.807, 2.05) is 11.1 Å². The van der Waals surface area contributed by atoms with Gasteiger partial charge >= 0.3 is 0 Å². The summed E-state index contributed by atoms with van der Waals surface area (Å²) >= 11 is -1.04. The maximum Gasteiger partial charge on any atom is 0.239 e. The number of nitrogens with zero attached hydrogens (tertiary/aromatic N) is 5. The Morgan fingerprint density at radius 2 is 1.94 bits per heavy atom. The van der Waals surface area contributed by atoms with E-state index in [4.69, 9.17) is 10.7 Å². The lowest BCUT2D eigenvalue weighted by atomic mass is 9.96. The number of fused-ring (bicyclic) bond motifs is 1. The highest BCUT2D eigenvalue weighted by Gasteiger charge is 2.62. The Hall–Kier alpha value is -1.62. The van der Waals surface area contributed by atoms with Crippen molar-refractivity contribution in [3.05, 3.63) is 11.4 Å². The van der Waals surface area contributed by atoms with Gasteiger partial charge in [0.15, 0.2) is 11.2 Å². The molecule has 2 saturated carbocycles. The van der Waals surface area contributed by atoms with E-state index in [1.54, 1.807) is 0 Å². The number of nitrogens with two attached hydrogens (primary N) is 1. The van der Waals surface area contributed by atoms with Crippen molar-refractivity contribution in [1.29, 1.82) is 0 Å². The van der Waals surface area contributed by atoms with E-state index in [-0.39, 0.29) is 18.0 Å². The minimum atomic E-state index is -1.04. The molecule has 4 heterocycles. The predicted octanol–water partition coefficient (Wildman–Crippen LogP) is 1.01. The number of carbonyl (C=O) groups is 1. The highest BCUT2D eigenvalue weighted by molar-refractivity contribution is 7.80. The molecule has 10 heteroatoms. The van der Waals surface area contributed by atoms with E-state index in [1.165, 1.54) is 6.34 Å². The molecule has 6 aliphatic rings. The fourth-order valence-corrected chi connectivity index (χ4v) is 8.34. The fraction of sp³-hybridized carbons (Fsp3) is 0.792. The zero-order valence-electron chi connectivity index (χ0n) is 20.1. The number of rotatable bonds is 6. The number of piperidine rings is 1. The Balaban J connectivity index is 1.14. The average molecular weight is 488 g/mol. The van der Waals surface area contributed by atoms with Crippen molar-refractivity contribution in [2.45, 2.75) is 70.0 Å². The lowest BCUT2D eigenvalue weighted by Crippen LogP contribution is -2.59. The van der Waals surface area contributed by atoms with Gasteiger partial charge in [0.2, 0.25) is 5.91 Å². The molecular formula is C24H37N7O2S. The molecule has 5 atom stereocenters. The number of carbonyl (C=O) groups excluding carboxylic acids is 1. The van der Waals surface area contributed by atoms with Gasteiger partial charge in [0.1, 0.15) is 5.82 Å². The summed E-state index contributed by atoms with van der Waals surface area (Å²) in [4.78, 5) is 24.9. The van der Waals surface area contributed by atoms with Crippen molar-refractivity contribution in [3.63, 3.8) is 0 Å². The van der Waals surface area contributed by atoms with Crippen LogP contribution < -0.4 is 11.1 Å². The fourth-order valence-electron chi connectivity index (χ4n) is 6.72. The minimum absolute atomic E-state index is 0.187. The third kappa shape index (κ3) is 3.60. The van der Waals surface area contributed by atoms with Gasteiger partial charge in [0, 0.05) is 62.5 Å². The van der Waals surface area contributed by atoms with Crippen molar-refractivity contribution in [1.82, 2.24) is 18.8 Å². The highest BCUT2D eigenvalue weighted by atomic mass is 32.2. The third-order valence-corrected chi connectivity index (χ3v) is 10.7. The van der Waals surface area contributed by atoms with Gasteiger partial charge in [-0.3, -0.25) is 14.7 Å². The van der Waals surface area contributed by atoms with E-state index < -0.39 is 16.6 Å². The molecule has 186 valence electrons. The maximum absolute atomic E-state index is 13.5. The molecule has 0 bridgehead atoms. The van der Waals surface area contributed by atoms with Gasteiger partial charge in [0.25, 0.3) is 0 Å². The van der Waals surface area contributed by atoms with Gasteiger partial charge in [-0.2, -0.15) is 0 Å². The predicted molar refractivity (Wildman–Crippen MR) is 133 cm³/mol. The van der Waals surface area contributed by atoms with Crippen LogP contribution in [0.3, 0.4) is 0 Å². The van der Waals surface area contributed by atoms with Crippen LogP contribution in [0.1, 0.15) is 51.9 Å². The standard InChI is InChI=1S/C24H37N7O2S/c1-16-3-2-4-20(16)31-22(28-15-25)19(24(7-8-24)23(31)32)12-27-18-5-9-29(10-6-18)34(33)30-14-17-11-26-13-21(17)30/h12,15-18,20-21,26H,2-11,13-14H2,1H3,(H2,25,28). The van der Waals surface area contributed by atoms with Crippen LogP contribution in [0.4, 0.5) is 0 Å². The van der Waals surface area contributed by atoms with Gasteiger partial charge < -0.3 is 11.1 Å². The smallest absolute Gasteiger partial charge is 0.239 e. The number of amides is 1. The Morgan fingerprint density at radius 3 is 2.59 bits per heavy atom. The summed E-state index contributed by atoms with van der Waals surface area (Å²) in [6.45, 7) is 6.77. The van der Waals surface area contributed by atoms with Gasteiger partial charge in [-0.05, 0) is 44.4 Å². The molecule has 4 aliphatic heterocycles. The Morgan fingerprint density at radius 1 is 1.15 bits per heavy atom. The normalized spacial score (nSPS) is 37.4. The van der Waals surface area contributed by atoms with Crippen molar-refractivity contribution in [2.75, 3.05) is 32.7 Å². The second-order valence-electron chi connectivity index (χ2n) is 11.0. The lowest BCUT2D eigenvalue weighted by Gasteiger charge is -2.45. The third-order valence-electron chi connectivity index (χ3n) is 9.06. The highest BCUT2D eigenvalue weighted by Crippen LogP contribution is 2.59. The largest absolute Gasteiger partial charge is 0.390 e. The molecule has 34 heavy (non-hydrogen) atoms. The van der Waals surface area contributed by atoms with Gasteiger partial charge in [0.05, 0.1) is 17.8 Å². The van der Waals surface area contributed by atoms with E-state index in [9.17, 15) is 9.00 Å². The molecule has 2 aliphatic carbocycles. The van der Waals surface area contributed by atoms with E-state index in [0.29, 0.717) is 17.9 Å². The molecule has 6 rings (SSSR count). The summed E-state index contributed by atoms with van der Waals surface area (Å²) in [7, 11) is 0. The summed E-state index contributed by atoms with van der Waals surface area (Å²) < 4.78 is 17.3. The van der Waals surface area contributed by atoms with Gasteiger partial charge in [-0.15, -0.1) is 0 Å². The van der Waals surface area contributed by atoms with Crippen molar-refractivity contribution < 1.29 is 9.00 Å². The number of hydrogen-bond acceptors (Lipinski definition) is 5. The summed E-state index contributed by atoms with van der Waals surface area (Å²) in [5.41, 5.74) is 6.26. The first-order valence-corrected chi connectivity index (χ1v) is 14.1. The molecule has 0 aromatic carbocycles. The van der Waals surface area contributed by atoms with Crippen LogP contribution in [0.25, 0.3) is 0 Å². The van der Waals surface area contributed by atoms with Crippen molar-refractivity contribution in [3.8, 4) is 0 Å². The van der Waals surface area contributed by atoms with Crippen LogP contribution in [0.2, 0.25) is 0 Å². The van der Waals surface area contributed by atoms with E-state index in [0.717, 1.165) is 89.1 Å². The van der Waals surface area contributed by atoms with Crippen molar-refractivity contribution in [2.24, 2.45) is 33.0 Å². The average Bonchev–Trinajstić information content (AvgIpc) is 3.32. The van der Waals surface area contributed by atoms with Crippen LogP contribution in [0, 0.1) is 17.3 Å². The zero-order valence-corrected chi connectivity index (χ0v) is 20.9. The summed E-state index contributed by atoms with van der Waals surface area (Å²) in [5, 5.41) is 3.41.